The highest BCUT2D eigenvalue weighted by molar-refractivity contribution is 5.74. The Bertz CT molecular complexity index is 157. The van der Waals surface area contributed by atoms with Crippen LogP contribution in [0.15, 0.2) is 0 Å². The van der Waals surface area contributed by atoms with Gasteiger partial charge in [0.05, 0.1) is 0 Å². The van der Waals surface area contributed by atoms with Crippen LogP contribution >= 0.6 is 0 Å². The summed E-state index contributed by atoms with van der Waals surface area (Å²) in [5.74, 6) is 0. The molecule has 0 saturated carbocycles. The number of rotatable bonds is 2. The van der Waals surface area contributed by atoms with E-state index in [1.54, 1.807) is 13.8 Å². The first-order valence-corrected chi connectivity index (χ1v) is 3.50. The van der Waals surface area contributed by atoms with Crippen LogP contribution in [0.2, 0.25) is 0 Å². The van der Waals surface area contributed by atoms with Crippen molar-refractivity contribution < 1.29 is 18.0 Å². The van der Waals surface area contributed by atoms with Gasteiger partial charge in [-0.05, 0) is 13.3 Å². The molecule has 0 radical (unpaired) electrons. The van der Waals surface area contributed by atoms with Crippen molar-refractivity contribution >= 4 is 6.03 Å². The molecule has 6 heteroatoms. The van der Waals surface area contributed by atoms with Crippen LogP contribution < -0.4 is 10.6 Å². The molecule has 2 amide bonds. The largest absolute Gasteiger partial charge is 0.485 e. The lowest BCUT2D eigenvalue weighted by Gasteiger charge is -2.13. The molecule has 0 aromatic rings. The van der Waals surface area contributed by atoms with E-state index in [9.17, 15) is 18.0 Å². The number of halogens is 3. The lowest BCUT2D eigenvalue weighted by molar-refractivity contribution is -0.145. The molecule has 3 nitrogen and oxygen atoms in total. The summed E-state index contributed by atoms with van der Waals surface area (Å²) in [7, 11) is 0. The quantitative estimate of drug-likeness (QED) is 0.629. The van der Waals surface area contributed by atoms with E-state index in [0.29, 0.717) is 6.42 Å². The van der Waals surface area contributed by atoms with E-state index in [1.807, 2.05) is 0 Å². The van der Waals surface area contributed by atoms with Crippen LogP contribution in [0.3, 0.4) is 0 Å². The summed E-state index contributed by atoms with van der Waals surface area (Å²) in [5.41, 5.74) is 0. The average molecular weight is 184 g/mol. The van der Waals surface area contributed by atoms with Crippen molar-refractivity contribution in [1.29, 1.82) is 0 Å². The number of carbonyl (C=O) groups excluding carboxylic acids is 1. The van der Waals surface area contributed by atoms with Gasteiger partial charge in [-0.3, -0.25) is 0 Å². The molecular formula is C6H11F3N2O. The smallest absolute Gasteiger partial charge is 0.336 e. The molecule has 0 aliphatic rings. The van der Waals surface area contributed by atoms with Crippen molar-refractivity contribution in [3.63, 3.8) is 0 Å². The molecule has 0 fully saturated rings. The Labute approximate surface area is 68.3 Å². The van der Waals surface area contributed by atoms with Crippen LogP contribution in [0.4, 0.5) is 18.0 Å². The van der Waals surface area contributed by atoms with Crippen LogP contribution in [0.25, 0.3) is 0 Å². The van der Waals surface area contributed by atoms with Gasteiger partial charge in [-0.15, -0.1) is 0 Å². The number of urea groups is 1. The van der Waals surface area contributed by atoms with Gasteiger partial charge >= 0.3 is 12.3 Å². The van der Waals surface area contributed by atoms with Crippen LogP contribution in [-0.2, 0) is 0 Å². The summed E-state index contributed by atoms with van der Waals surface area (Å²) >= 11 is 0. The Morgan fingerprint density at radius 1 is 1.50 bits per heavy atom. The Hall–Kier alpha value is -0.940. The van der Waals surface area contributed by atoms with Gasteiger partial charge in [0.1, 0.15) is 0 Å². The normalized spacial score (nSPS) is 13.8. The molecule has 72 valence electrons. The van der Waals surface area contributed by atoms with E-state index >= 15 is 0 Å². The highest BCUT2D eigenvalue weighted by Crippen LogP contribution is 2.08. The van der Waals surface area contributed by atoms with Gasteiger partial charge in [0.15, 0.2) is 0 Å². The molecule has 1 unspecified atom stereocenters. The maximum atomic E-state index is 11.5. The molecule has 0 bridgehead atoms. The first kappa shape index (κ1) is 11.1. The van der Waals surface area contributed by atoms with E-state index < -0.39 is 12.3 Å². The van der Waals surface area contributed by atoms with E-state index in [-0.39, 0.29) is 6.04 Å². The Kier molecular flexibility index (Phi) is 3.85. The highest BCUT2D eigenvalue weighted by Gasteiger charge is 2.30. The number of amides is 2. The van der Waals surface area contributed by atoms with Crippen LogP contribution in [0, 0.1) is 0 Å². The molecule has 0 aliphatic heterocycles. The summed E-state index contributed by atoms with van der Waals surface area (Å²) in [4.78, 5) is 10.5. The summed E-state index contributed by atoms with van der Waals surface area (Å²) < 4.78 is 34.5. The molecule has 1 atom stereocenters. The van der Waals surface area contributed by atoms with E-state index in [2.05, 4.69) is 5.32 Å². The van der Waals surface area contributed by atoms with Crippen LogP contribution in [0.1, 0.15) is 20.3 Å². The van der Waals surface area contributed by atoms with Crippen molar-refractivity contribution in [2.75, 3.05) is 0 Å². The van der Waals surface area contributed by atoms with Crippen molar-refractivity contribution in [3.8, 4) is 0 Å². The fourth-order valence-electron chi connectivity index (χ4n) is 0.491. The molecule has 2 N–H and O–H groups in total. The maximum Gasteiger partial charge on any atom is 0.485 e. The third-order valence-corrected chi connectivity index (χ3v) is 1.25. The van der Waals surface area contributed by atoms with Gasteiger partial charge in [0, 0.05) is 6.04 Å². The summed E-state index contributed by atoms with van der Waals surface area (Å²) in [6.45, 7) is 3.38. The minimum absolute atomic E-state index is 0.257. The fraction of sp³-hybridized carbons (Fsp3) is 0.833. The second-order valence-corrected chi connectivity index (χ2v) is 2.41. The van der Waals surface area contributed by atoms with Crippen molar-refractivity contribution in [1.82, 2.24) is 10.6 Å². The predicted molar refractivity (Wildman–Crippen MR) is 37.5 cm³/mol. The number of hydrogen-bond donors (Lipinski definition) is 2. The molecule has 0 aliphatic carbocycles. The van der Waals surface area contributed by atoms with Gasteiger partial charge in [0.2, 0.25) is 0 Å². The number of carbonyl (C=O) groups is 1. The van der Waals surface area contributed by atoms with Gasteiger partial charge < -0.3 is 5.32 Å². The lowest BCUT2D eigenvalue weighted by Crippen LogP contribution is -2.46. The Morgan fingerprint density at radius 3 is 2.33 bits per heavy atom. The van der Waals surface area contributed by atoms with Gasteiger partial charge in [-0.1, -0.05) is 6.92 Å². The molecule has 0 aromatic carbocycles. The molecule has 0 aromatic heterocycles. The number of nitrogens with one attached hydrogen (secondary N) is 2. The predicted octanol–water partition coefficient (Wildman–Crippen LogP) is 1.60. The van der Waals surface area contributed by atoms with Crippen molar-refractivity contribution in [2.45, 2.75) is 32.6 Å². The lowest BCUT2D eigenvalue weighted by atomic mass is 10.3. The Morgan fingerprint density at radius 2 is 2.00 bits per heavy atom. The molecule has 0 saturated heterocycles. The summed E-state index contributed by atoms with van der Waals surface area (Å²) in [6.07, 6.45) is -4.07. The second kappa shape index (κ2) is 4.18. The maximum absolute atomic E-state index is 11.5. The molecule has 12 heavy (non-hydrogen) atoms. The minimum Gasteiger partial charge on any atom is -0.336 e. The van der Waals surface area contributed by atoms with Gasteiger partial charge in [0.25, 0.3) is 0 Å². The van der Waals surface area contributed by atoms with E-state index in [1.165, 1.54) is 0 Å². The van der Waals surface area contributed by atoms with E-state index in [0.717, 1.165) is 5.32 Å². The zero-order valence-corrected chi connectivity index (χ0v) is 6.83. The third kappa shape index (κ3) is 5.82. The fourth-order valence-corrected chi connectivity index (χ4v) is 0.491. The first-order chi connectivity index (χ1) is 5.35. The van der Waals surface area contributed by atoms with Crippen molar-refractivity contribution in [3.05, 3.63) is 0 Å². The van der Waals surface area contributed by atoms with Crippen LogP contribution in [-0.4, -0.2) is 18.4 Å². The van der Waals surface area contributed by atoms with Gasteiger partial charge in [-0.2, -0.15) is 13.2 Å². The highest BCUT2D eigenvalue weighted by atomic mass is 19.4. The molecule has 0 heterocycles. The standard InChI is InChI=1S/C6H11F3N2O/c1-3-4(2)10-5(12)11-6(7,8)9/h4H,3H2,1-2H3,(H2,10,11,12). The molecular weight excluding hydrogens is 173 g/mol. The van der Waals surface area contributed by atoms with Crippen LogP contribution in [0.5, 0.6) is 0 Å². The summed E-state index contributed by atoms with van der Waals surface area (Å²) in [5, 5.41) is 2.95. The topological polar surface area (TPSA) is 41.1 Å². The second-order valence-electron chi connectivity index (χ2n) is 2.41. The monoisotopic (exact) mass is 184 g/mol. The zero-order chi connectivity index (χ0) is 9.78. The SMILES string of the molecule is CCC(C)NC(=O)NC(F)(F)F. The van der Waals surface area contributed by atoms with E-state index in [4.69, 9.17) is 0 Å². The zero-order valence-electron chi connectivity index (χ0n) is 6.83. The van der Waals surface area contributed by atoms with Crippen molar-refractivity contribution in [2.24, 2.45) is 0 Å². The third-order valence-electron chi connectivity index (χ3n) is 1.25. The molecule has 0 spiro atoms. The number of hydrogen-bond acceptors (Lipinski definition) is 1. The first-order valence-electron chi connectivity index (χ1n) is 3.50. The number of alkyl halides is 3. The minimum atomic E-state index is -4.66. The van der Waals surface area contributed by atoms with Gasteiger partial charge in [-0.25, -0.2) is 10.1 Å². The Balaban J connectivity index is 3.75. The summed E-state index contributed by atoms with van der Waals surface area (Å²) in [6, 6.07) is -1.47. The average Bonchev–Trinajstić information content (AvgIpc) is 1.82. The molecule has 0 rings (SSSR count).